The Hall–Kier alpha value is -1.58. The Morgan fingerprint density at radius 1 is 1.37 bits per heavy atom. The number of carbonyl (C=O) groups is 2. The topological polar surface area (TPSA) is 63.6 Å². The van der Waals surface area contributed by atoms with Crippen LogP contribution >= 0.6 is 0 Å². The quantitative estimate of drug-likeness (QED) is 0.593. The summed E-state index contributed by atoms with van der Waals surface area (Å²) in [5, 5.41) is 9.16. The largest absolute Gasteiger partial charge is 0.481 e. The van der Waals surface area contributed by atoms with Crippen LogP contribution in [0.25, 0.3) is 0 Å². The molecule has 3 atom stereocenters. The lowest BCUT2D eigenvalue weighted by Crippen LogP contribution is -2.35. The van der Waals surface area contributed by atoms with Crippen molar-refractivity contribution in [1.82, 2.24) is 0 Å². The molecule has 0 aromatic carbocycles. The summed E-state index contributed by atoms with van der Waals surface area (Å²) in [7, 11) is 0. The Morgan fingerprint density at radius 3 is 2.42 bits per heavy atom. The van der Waals surface area contributed by atoms with Crippen molar-refractivity contribution in [3.05, 3.63) is 24.8 Å². The van der Waals surface area contributed by atoms with Crippen molar-refractivity contribution in [2.45, 2.75) is 45.1 Å². The van der Waals surface area contributed by atoms with Gasteiger partial charge in [-0.2, -0.15) is 0 Å². The Morgan fingerprint density at radius 2 is 1.95 bits per heavy atom. The number of hydrogen-bond acceptors (Lipinski definition) is 3. The molecule has 1 rings (SSSR count). The van der Waals surface area contributed by atoms with Gasteiger partial charge in [0.15, 0.2) is 0 Å². The molecular formula is C15H22O4. The zero-order valence-corrected chi connectivity index (χ0v) is 11.4. The van der Waals surface area contributed by atoms with Crippen LogP contribution in [0.1, 0.15) is 39.0 Å². The average molecular weight is 266 g/mol. The Bertz CT molecular complexity index is 372. The lowest BCUT2D eigenvalue weighted by molar-refractivity contribution is -0.162. The highest BCUT2D eigenvalue weighted by Crippen LogP contribution is 2.32. The maximum Gasteiger partial charge on any atom is 0.310 e. The van der Waals surface area contributed by atoms with Gasteiger partial charge in [0.2, 0.25) is 0 Å². The number of carboxylic acid groups (broad SMARTS) is 1. The zero-order chi connectivity index (χ0) is 14.4. The fourth-order valence-corrected chi connectivity index (χ4v) is 2.44. The van der Waals surface area contributed by atoms with Gasteiger partial charge >= 0.3 is 11.9 Å². The van der Waals surface area contributed by atoms with E-state index in [1.54, 1.807) is 13.0 Å². The third-order valence-corrected chi connectivity index (χ3v) is 3.57. The van der Waals surface area contributed by atoms with E-state index in [1.807, 2.05) is 0 Å². The molecule has 1 saturated carbocycles. The molecule has 0 amide bonds. The van der Waals surface area contributed by atoms with E-state index in [2.05, 4.69) is 13.2 Å². The minimum absolute atomic E-state index is 0.402. The molecule has 1 aliphatic carbocycles. The van der Waals surface area contributed by atoms with Crippen molar-refractivity contribution in [3.63, 3.8) is 0 Å². The minimum atomic E-state index is -0.905. The molecule has 106 valence electrons. The van der Waals surface area contributed by atoms with Crippen LogP contribution in [-0.4, -0.2) is 23.1 Å². The first-order valence-corrected chi connectivity index (χ1v) is 6.67. The van der Waals surface area contributed by atoms with E-state index in [1.165, 1.54) is 0 Å². The molecule has 0 saturated heterocycles. The Balaban J connectivity index is 2.71. The second-order valence-electron chi connectivity index (χ2n) is 5.13. The SMILES string of the molecule is C=CCC(OC(=O)C1CCCCC1C(=O)O)C(=C)C. The average Bonchev–Trinajstić information content (AvgIpc) is 2.37. The number of esters is 1. The van der Waals surface area contributed by atoms with Gasteiger partial charge in [0, 0.05) is 6.42 Å². The highest BCUT2D eigenvalue weighted by Gasteiger charge is 2.37. The van der Waals surface area contributed by atoms with Crippen LogP contribution in [0.15, 0.2) is 24.8 Å². The third-order valence-electron chi connectivity index (χ3n) is 3.57. The summed E-state index contributed by atoms with van der Waals surface area (Å²) < 4.78 is 5.40. The molecule has 4 heteroatoms. The van der Waals surface area contributed by atoms with E-state index < -0.39 is 29.9 Å². The summed E-state index contributed by atoms with van der Waals surface area (Å²) in [5.74, 6) is -2.46. The van der Waals surface area contributed by atoms with Gasteiger partial charge in [0.25, 0.3) is 0 Å². The summed E-state index contributed by atoms with van der Waals surface area (Å²) in [6, 6.07) is 0. The molecule has 1 fully saturated rings. The van der Waals surface area contributed by atoms with E-state index in [-0.39, 0.29) is 0 Å². The second-order valence-corrected chi connectivity index (χ2v) is 5.13. The first-order chi connectivity index (χ1) is 8.97. The van der Waals surface area contributed by atoms with E-state index in [9.17, 15) is 9.59 Å². The lowest BCUT2D eigenvalue weighted by Gasteiger charge is -2.28. The monoisotopic (exact) mass is 266 g/mol. The van der Waals surface area contributed by atoms with Gasteiger partial charge in [-0.3, -0.25) is 9.59 Å². The van der Waals surface area contributed by atoms with E-state index >= 15 is 0 Å². The number of carbonyl (C=O) groups excluding carboxylic acids is 1. The van der Waals surface area contributed by atoms with Gasteiger partial charge in [-0.1, -0.05) is 25.5 Å². The fraction of sp³-hybridized carbons (Fsp3) is 0.600. The molecule has 0 aliphatic heterocycles. The van der Waals surface area contributed by atoms with E-state index in [4.69, 9.17) is 9.84 Å². The van der Waals surface area contributed by atoms with Crippen molar-refractivity contribution in [1.29, 1.82) is 0 Å². The number of aliphatic carboxylic acids is 1. The molecule has 0 heterocycles. The van der Waals surface area contributed by atoms with Crippen molar-refractivity contribution in [2.75, 3.05) is 0 Å². The Labute approximate surface area is 114 Å². The summed E-state index contributed by atoms with van der Waals surface area (Å²) in [6.07, 6.45) is 4.65. The molecular weight excluding hydrogens is 244 g/mol. The molecule has 0 spiro atoms. The van der Waals surface area contributed by atoms with Crippen LogP contribution in [0.4, 0.5) is 0 Å². The summed E-state index contributed by atoms with van der Waals surface area (Å²) in [4.78, 5) is 23.3. The highest BCUT2D eigenvalue weighted by atomic mass is 16.5. The van der Waals surface area contributed by atoms with Gasteiger partial charge in [-0.15, -0.1) is 6.58 Å². The summed E-state index contributed by atoms with van der Waals surface area (Å²) in [5.41, 5.74) is 0.746. The number of carboxylic acids is 1. The highest BCUT2D eigenvalue weighted by molar-refractivity contribution is 5.81. The van der Waals surface area contributed by atoms with Gasteiger partial charge in [-0.25, -0.2) is 0 Å². The first kappa shape index (κ1) is 15.5. The predicted molar refractivity (Wildman–Crippen MR) is 72.6 cm³/mol. The van der Waals surface area contributed by atoms with Crippen molar-refractivity contribution in [3.8, 4) is 0 Å². The third kappa shape index (κ3) is 4.23. The maximum absolute atomic E-state index is 12.1. The fourth-order valence-electron chi connectivity index (χ4n) is 2.44. The smallest absolute Gasteiger partial charge is 0.310 e. The van der Waals surface area contributed by atoms with E-state index in [0.717, 1.165) is 18.4 Å². The van der Waals surface area contributed by atoms with Crippen LogP contribution in [-0.2, 0) is 14.3 Å². The van der Waals surface area contributed by atoms with Crippen LogP contribution in [0.5, 0.6) is 0 Å². The molecule has 19 heavy (non-hydrogen) atoms. The second kappa shape index (κ2) is 7.12. The van der Waals surface area contributed by atoms with Crippen molar-refractivity contribution >= 4 is 11.9 Å². The van der Waals surface area contributed by atoms with Gasteiger partial charge in [-0.05, 0) is 25.3 Å². The molecule has 3 unspecified atom stereocenters. The number of rotatable bonds is 6. The van der Waals surface area contributed by atoms with E-state index in [0.29, 0.717) is 19.3 Å². The molecule has 0 radical (unpaired) electrons. The van der Waals surface area contributed by atoms with Crippen LogP contribution in [0.2, 0.25) is 0 Å². The number of ether oxygens (including phenoxy) is 1. The van der Waals surface area contributed by atoms with Gasteiger partial charge in [0.1, 0.15) is 6.10 Å². The summed E-state index contributed by atoms with van der Waals surface area (Å²) >= 11 is 0. The Kier molecular flexibility index (Phi) is 5.80. The predicted octanol–water partition coefficient (Wildman–Crippen LogP) is 2.94. The maximum atomic E-state index is 12.1. The first-order valence-electron chi connectivity index (χ1n) is 6.67. The van der Waals surface area contributed by atoms with Crippen LogP contribution < -0.4 is 0 Å². The molecule has 0 aromatic heterocycles. The molecule has 0 bridgehead atoms. The number of hydrogen-bond donors (Lipinski definition) is 1. The molecule has 1 N–H and O–H groups in total. The standard InChI is InChI=1S/C15H22O4/c1-4-7-13(10(2)3)19-15(18)12-9-6-5-8-11(12)14(16)17/h4,11-13H,1-2,5-9H2,3H3,(H,16,17). The van der Waals surface area contributed by atoms with Crippen LogP contribution in [0, 0.1) is 11.8 Å². The van der Waals surface area contributed by atoms with Gasteiger partial charge in [0.05, 0.1) is 11.8 Å². The van der Waals surface area contributed by atoms with Crippen molar-refractivity contribution < 1.29 is 19.4 Å². The minimum Gasteiger partial charge on any atom is -0.481 e. The molecule has 1 aliphatic rings. The molecule has 0 aromatic rings. The lowest BCUT2D eigenvalue weighted by atomic mass is 9.79. The normalized spacial score (nSPS) is 24.3. The molecule has 4 nitrogen and oxygen atoms in total. The van der Waals surface area contributed by atoms with Crippen LogP contribution in [0.3, 0.4) is 0 Å². The summed E-state index contributed by atoms with van der Waals surface area (Å²) in [6.45, 7) is 9.19. The van der Waals surface area contributed by atoms with Gasteiger partial charge < -0.3 is 9.84 Å². The zero-order valence-electron chi connectivity index (χ0n) is 11.4. The van der Waals surface area contributed by atoms with Crippen molar-refractivity contribution in [2.24, 2.45) is 11.8 Å².